The number of amides is 1. The molecule has 2 unspecified atom stereocenters. The van der Waals surface area contributed by atoms with Crippen LogP contribution in [-0.4, -0.2) is 27.9 Å². The average Bonchev–Trinajstić information content (AvgIpc) is 2.99. The van der Waals surface area contributed by atoms with Gasteiger partial charge in [-0.3, -0.25) is 4.79 Å². The number of carbonyl (C=O) groups excluding carboxylic acids is 1. The Morgan fingerprint density at radius 3 is 2.30 bits per heavy atom. The van der Waals surface area contributed by atoms with Crippen molar-refractivity contribution in [1.29, 1.82) is 5.26 Å². The second-order valence-electron chi connectivity index (χ2n) is 9.69. The van der Waals surface area contributed by atoms with Crippen LogP contribution in [0.15, 0.2) is 97.1 Å². The number of nitriles is 1. The number of aryl methyl sites for hydroxylation is 1. The van der Waals surface area contributed by atoms with E-state index in [4.69, 9.17) is 14.7 Å². The fourth-order valence-electron chi connectivity index (χ4n) is 4.92. The van der Waals surface area contributed by atoms with Crippen molar-refractivity contribution in [3.05, 3.63) is 130 Å². The molecule has 0 bridgehead atoms. The second kappa shape index (κ2) is 11.7. The van der Waals surface area contributed by atoms with Crippen LogP contribution in [0.5, 0.6) is 11.5 Å². The van der Waals surface area contributed by atoms with Gasteiger partial charge in [-0.15, -0.1) is 0 Å². The average molecular weight is 533 g/mol. The molecule has 0 spiro atoms. The Kier molecular flexibility index (Phi) is 7.79. The molecule has 200 valence electrons. The monoisotopic (exact) mass is 532 g/mol. The molecule has 0 aromatic heterocycles. The third kappa shape index (κ3) is 5.67. The van der Waals surface area contributed by atoms with Gasteiger partial charge in [-0.1, -0.05) is 72.8 Å². The van der Waals surface area contributed by atoms with E-state index in [1.54, 1.807) is 48.5 Å². The molecule has 1 N–H and O–H groups in total. The van der Waals surface area contributed by atoms with Gasteiger partial charge in [0, 0.05) is 24.1 Å². The van der Waals surface area contributed by atoms with Crippen LogP contribution in [0.1, 0.15) is 39.5 Å². The summed E-state index contributed by atoms with van der Waals surface area (Å²) >= 11 is 0. The maximum absolute atomic E-state index is 14.1. The minimum atomic E-state index is -1.10. The minimum absolute atomic E-state index is 0.104. The zero-order valence-electron chi connectivity index (χ0n) is 22.0. The summed E-state index contributed by atoms with van der Waals surface area (Å²) in [6.45, 7) is 2.39. The number of benzene rings is 4. The molecule has 4 aromatic rings. The highest BCUT2D eigenvalue weighted by Gasteiger charge is 2.40. The lowest BCUT2D eigenvalue weighted by Crippen LogP contribution is -2.51. The summed E-state index contributed by atoms with van der Waals surface area (Å²) in [6.07, 6.45) is -0.961. The predicted octanol–water partition coefficient (Wildman–Crippen LogP) is 5.60. The van der Waals surface area contributed by atoms with E-state index in [2.05, 4.69) is 6.07 Å². The number of carboxylic acid groups (broad SMARTS) is 1. The van der Waals surface area contributed by atoms with Gasteiger partial charge in [-0.2, -0.15) is 5.26 Å². The predicted molar refractivity (Wildman–Crippen MR) is 149 cm³/mol. The van der Waals surface area contributed by atoms with Crippen LogP contribution in [0, 0.1) is 18.3 Å². The quantitative estimate of drug-likeness (QED) is 0.317. The van der Waals surface area contributed by atoms with Crippen molar-refractivity contribution in [3.8, 4) is 17.6 Å². The molecule has 4 aromatic carbocycles. The van der Waals surface area contributed by atoms with Crippen LogP contribution in [0.3, 0.4) is 0 Å². The van der Waals surface area contributed by atoms with Crippen molar-refractivity contribution in [2.24, 2.45) is 0 Å². The third-order valence-corrected chi connectivity index (χ3v) is 7.03. The first-order valence-electron chi connectivity index (χ1n) is 13.0. The Morgan fingerprint density at radius 1 is 0.975 bits per heavy atom. The number of ether oxygens (including phenoxy) is 2. The van der Waals surface area contributed by atoms with Gasteiger partial charge in [0.25, 0.3) is 5.91 Å². The van der Waals surface area contributed by atoms with Gasteiger partial charge >= 0.3 is 5.97 Å². The van der Waals surface area contributed by atoms with E-state index in [1.807, 2.05) is 55.5 Å². The zero-order valence-corrected chi connectivity index (χ0v) is 22.0. The van der Waals surface area contributed by atoms with E-state index in [9.17, 15) is 14.7 Å². The first-order valence-corrected chi connectivity index (χ1v) is 13.0. The van der Waals surface area contributed by atoms with Gasteiger partial charge in [0.15, 0.2) is 0 Å². The Morgan fingerprint density at radius 2 is 1.65 bits per heavy atom. The number of carboxylic acids is 1. The molecule has 0 aliphatic carbocycles. The summed E-state index contributed by atoms with van der Waals surface area (Å²) in [6, 6.07) is 30.1. The molecule has 0 saturated heterocycles. The van der Waals surface area contributed by atoms with E-state index in [1.165, 1.54) is 4.90 Å². The molecule has 1 aliphatic rings. The van der Waals surface area contributed by atoms with Crippen LogP contribution in [0.2, 0.25) is 0 Å². The molecule has 7 nitrogen and oxygen atoms in total. The summed E-state index contributed by atoms with van der Waals surface area (Å²) in [5.41, 5.74) is 4.62. The number of nitrogens with zero attached hydrogens (tertiary/aromatic N) is 2. The Balaban J connectivity index is 1.46. The van der Waals surface area contributed by atoms with Crippen molar-refractivity contribution in [2.45, 2.75) is 38.6 Å². The maximum atomic E-state index is 14.1. The molecule has 1 heterocycles. The lowest BCUT2D eigenvalue weighted by molar-refractivity contribution is -0.155. The van der Waals surface area contributed by atoms with Crippen molar-refractivity contribution in [2.75, 3.05) is 0 Å². The van der Waals surface area contributed by atoms with E-state index in [0.29, 0.717) is 29.2 Å². The van der Waals surface area contributed by atoms with E-state index in [-0.39, 0.29) is 13.0 Å². The largest absolute Gasteiger partial charge is 0.488 e. The number of hydrogen-bond acceptors (Lipinski definition) is 5. The number of rotatable bonds is 8. The van der Waals surface area contributed by atoms with E-state index < -0.39 is 24.0 Å². The zero-order chi connectivity index (χ0) is 28.1. The Labute approximate surface area is 232 Å². The van der Waals surface area contributed by atoms with Crippen molar-refractivity contribution < 1.29 is 24.2 Å². The van der Waals surface area contributed by atoms with Gasteiger partial charge in [0.1, 0.15) is 24.1 Å². The smallest absolute Gasteiger partial charge is 0.326 e. The van der Waals surface area contributed by atoms with E-state index >= 15 is 0 Å². The van der Waals surface area contributed by atoms with Crippen LogP contribution in [0.4, 0.5) is 0 Å². The Bertz CT molecular complexity index is 1550. The summed E-state index contributed by atoms with van der Waals surface area (Å²) in [5.74, 6) is -0.494. The molecule has 0 fully saturated rings. The van der Waals surface area contributed by atoms with Crippen LogP contribution >= 0.6 is 0 Å². The Hall–Kier alpha value is -5.09. The van der Waals surface area contributed by atoms with E-state index in [0.717, 1.165) is 22.3 Å². The number of aliphatic carboxylic acids is 1. The normalized spacial score (nSPS) is 14.9. The molecule has 0 saturated carbocycles. The molecule has 40 heavy (non-hydrogen) atoms. The summed E-state index contributed by atoms with van der Waals surface area (Å²) < 4.78 is 12.4. The highest BCUT2D eigenvalue weighted by molar-refractivity contribution is 5.88. The molecule has 2 atom stereocenters. The highest BCUT2D eigenvalue weighted by Crippen LogP contribution is 2.36. The molecular weight excluding hydrogens is 504 g/mol. The van der Waals surface area contributed by atoms with Crippen LogP contribution < -0.4 is 9.47 Å². The van der Waals surface area contributed by atoms with Crippen molar-refractivity contribution in [3.63, 3.8) is 0 Å². The lowest BCUT2D eigenvalue weighted by Gasteiger charge is -2.37. The standard InChI is InChI=1S/C33H28N2O5/c1-22-12-15-26-20-35(29(33(37)38)18-28(26)30(22)39-21-24-8-4-2-5-9-24)32(36)31(25-10-6-3-7-11-25)40-27-16-13-23(19-34)14-17-27/h2-17,29,31H,18,20-21H2,1H3,(H,37,38). The van der Waals surface area contributed by atoms with Crippen molar-refractivity contribution >= 4 is 11.9 Å². The maximum Gasteiger partial charge on any atom is 0.326 e. The fourth-order valence-corrected chi connectivity index (χ4v) is 4.92. The minimum Gasteiger partial charge on any atom is -0.488 e. The molecule has 5 rings (SSSR count). The topological polar surface area (TPSA) is 99.9 Å². The SMILES string of the molecule is Cc1ccc2c(c1OCc1ccccc1)CC(C(=O)O)N(C(=O)C(Oc1ccc(C#N)cc1)c1ccccc1)C2. The van der Waals surface area contributed by atoms with Gasteiger partial charge < -0.3 is 19.5 Å². The molecule has 1 amide bonds. The second-order valence-corrected chi connectivity index (χ2v) is 9.69. The van der Waals surface area contributed by atoms with Crippen LogP contribution in [0.25, 0.3) is 0 Å². The van der Waals surface area contributed by atoms with Gasteiger partial charge in [0.2, 0.25) is 6.10 Å². The fraction of sp³-hybridized carbons (Fsp3) is 0.182. The molecule has 7 heteroatoms. The molecule has 0 radical (unpaired) electrons. The lowest BCUT2D eigenvalue weighted by atomic mass is 9.90. The highest BCUT2D eigenvalue weighted by atomic mass is 16.5. The van der Waals surface area contributed by atoms with Gasteiger partial charge in [0.05, 0.1) is 11.6 Å². The molecular formula is C33H28N2O5. The summed E-state index contributed by atoms with van der Waals surface area (Å²) in [5, 5.41) is 19.4. The summed E-state index contributed by atoms with van der Waals surface area (Å²) in [4.78, 5) is 28.0. The number of hydrogen-bond donors (Lipinski definition) is 1. The summed E-state index contributed by atoms with van der Waals surface area (Å²) in [7, 11) is 0. The van der Waals surface area contributed by atoms with Gasteiger partial charge in [-0.05, 0) is 47.9 Å². The number of fused-ring (bicyclic) bond motifs is 1. The van der Waals surface area contributed by atoms with Gasteiger partial charge in [-0.25, -0.2) is 4.79 Å². The van der Waals surface area contributed by atoms with Crippen LogP contribution in [-0.2, 0) is 29.2 Å². The molecule has 1 aliphatic heterocycles. The first kappa shape index (κ1) is 26.5. The first-order chi connectivity index (χ1) is 19.4. The van der Waals surface area contributed by atoms with Crippen molar-refractivity contribution in [1.82, 2.24) is 4.90 Å². The third-order valence-electron chi connectivity index (χ3n) is 7.03. The number of carbonyl (C=O) groups is 2.